The summed E-state index contributed by atoms with van der Waals surface area (Å²) in [7, 11) is 0. The third-order valence-corrected chi connectivity index (χ3v) is 1.92. The van der Waals surface area contributed by atoms with Gasteiger partial charge in [0.25, 0.3) is 0 Å². The maximum atomic E-state index is 8.67. The van der Waals surface area contributed by atoms with Gasteiger partial charge in [-0.1, -0.05) is 12.2 Å². The van der Waals surface area contributed by atoms with Crippen molar-refractivity contribution in [1.29, 1.82) is 0 Å². The van der Waals surface area contributed by atoms with E-state index in [1.165, 1.54) is 0 Å². The molecule has 0 rings (SSSR count). The molecule has 0 saturated heterocycles. The van der Waals surface area contributed by atoms with Crippen LogP contribution in [0.15, 0.2) is 25.3 Å². The van der Waals surface area contributed by atoms with Crippen molar-refractivity contribution in [2.75, 3.05) is 26.4 Å². The molecular weight excluding hydrogens is 192 g/mol. The largest absolute Gasteiger partial charge is 0.396 e. The maximum absolute atomic E-state index is 8.67. The van der Waals surface area contributed by atoms with Gasteiger partial charge in [0.05, 0.1) is 25.9 Å². The summed E-state index contributed by atoms with van der Waals surface area (Å²) in [5.74, 6) is 0. The van der Waals surface area contributed by atoms with Crippen LogP contribution < -0.4 is 0 Å². The first-order valence-corrected chi connectivity index (χ1v) is 5.37. The highest BCUT2D eigenvalue weighted by Gasteiger charge is 2.07. The summed E-state index contributed by atoms with van der Waals surface area (Å²) in [6.07, 6.45) is 6.22. The molecule has 0 radical (unpaired) electrons. The van der Waals surface area contributed by atoms with Crippen LogP contribution in [0.1, 0.15) is 19.3 Å². The van der Waals surface area contributed by atoms with Gasteiger partial charge >= 0.3 is 0 Å². The summed E-state index contributed by atoms with van der Waals surface area (Å²) in [6.45, 7) is 9.09. The van der Waals surface area contributed by atoms with Crippen LogP contribution in [0.4, 0.5) is 0 Å². The fraction of sp³-hybridized carbons (Fsp3) is 0.667. The third-order valence-electron chi connectivity index (χ3n) is 1.92. The van der Waals surface area contributed by atoms with E-state index < -0.39 is 0 Å². The molecule has 0 aliphatic heterocycles. The van der Waals surface area contributed by atoms with Crippen molar-refractivity contribution in [3.63, 3.8) is 0 Å². The molecule has 0 amide bonds. The van der Waals surface area contributed by atoms with Gasteiger partial charge in [0.2, 0.25) is 0 Å². The quantitative estimate of drug-likeness (QED) is 0.422. The lowest BCUT2D eigenvalue weighted by atomic mass is 10.1. The highest BCUT2D eigenvalue weighted by molar-refractivity contribution is 4.68. The van der Waals surface area contributed by atoms with Gasteiger partial charge in [-0.25, -0.2) is 0 Å². The summed E-state index contributed by atoms with van der Waals surface area (Å²) in [4.78, 5) is 0. The van der Waals surface area contributed by atoms with Crippen LogP contribution in [-0.4, -0.2) is 37.6 Å². The first-order valence-electron chi connectivity index (χ1n) is 5.37. The number of rotatable bonds is 11. The predicted octanol–water partition coefficient (Wildman–Crippen LogP) is 1.92. The molecule has 0 aromatic heterocycles. The van der Waals surface area contributed by atoms with Crippen LogP contribution >= 0.6 is 0 Å². The molecule has 1 unspecified atom stereocenters. The van der Waals surface area contributed by atoms with E-state index in [2.05, 4.69) is 13.2 Å². The summed E-state index contributed by atoms with van der Waals surface area (Å²) in [5, 5.41) is 8.67. The van der Waals surface area contributed by atoms with E-state index >= 15 is 0 Å². The van der Waals surface area contributed by atoms with Crippen LogP contribution in [0.2, 0.25) is 0 Å². The molecule has 15 heavy (non-hydrogen) atoms. The Kier molecular flexibility index (Phi) is 10.9. The molecule has 0 saturated carbocycles. The van der Waals surface area contributed by atoms with Gasteiger partial charge in [-0.15, -0.1) is 13.2 Å². The second-order valence-electron chi connectivity index (χ2n) is 3.29. The number of hydrogen-bond donors (Lipinski definition) is 1. The minimum Gasteiger partial charge on any atom is -0.396 e. The van der Waals surface area contributed by atoms with Crippen LogP contribution in [-0.2, 0) is 9.47 Å². The lowest BCUT2D eigenvalue weighted by Gasteiger charge is -2.16. The van der Waals surface area contributed by atoms with E-state index in [0.717, 1.165) is 19.3 Å². The van der Waals surface area contributed by atoms with Crippen LogP contribution in [0.5, 0.6) is 0 Å². The van der Waals surface area contributed by atoms with E-state index in [-0.39, 0.29) is 12.7 Å². The van der Waals surface area contributed by atoms with Gasteiger partial charge < -0.3 is 14.6 Å². The van der Waals surface area contributed by atoms with Crippen LogP contribution in [0.3, 0.4) is 0 Å². The van der Waals surface area contributed by atoms with Crippen molar-refractivity contribution in [3.05, 3.63) is 25.3 Å². The van der Waals surface area contributed by atoms with Gasteiger partial charge in [0.1, 0.15) is 0 Å². The zero-order valence-corrected chi connectivity index (χ0v) is 9.36. The Bertz CT molecular complexity index is 157. The van der Waals surface area contributed by atoms with E-state index in [0.29, 0.717) is 19.8 Å². The molecule has 3 nitrogen and oxygen atoms in total. The molecule has 0 aliphatic rings. The average Bonchev–Trinajstić information content (AvgIpc) is 2.25. The van der Waals surface area contributed by atoms with Gasteiger partial charge in [0, 0.05) is 6.61 Å². The van der Waals surface area contributed by atoms with Crippen molar-refractivity contribution in [2.24, 2.45) is 0 Å². The van der Waals surface area contributed by atoms with Gasteiger partial charge in [0.15, 0.2) is 0 Å². The van der Waals surface area contributed by atoms with E-state index in [9.17, 15) is 0 Å². The zero-order valence-electron chi connectivity index (χ0n) is 9.36. The highest BCUT2D eigenvalue weighted by Crippen LogP contribution is 2.05. The van der Waals surface area contributed by atoms with Gasteiger partial charge in [-0.3, -0.25) is 0 Å². The lowest BCUT2D eigenvalue weighted by molar-refractivity contribution is -0.00387. The van der Waals surface area contributed by atoms with Crippen molar-refractivity contribution < 1.29 is 14.6 Å². The first-order chi connectivity index (χ1) is 7.35. The molecule has 0 bridgehead atoms. The number of aliphatic hydroxyl groups excluding tert-OH is 1. The van der Waals surface area contributed by atoms with Gasteiger partial charge in [-0.05, 0) is 19.3 Å². The van der Waals surface area contributed by atoms with E-state index in [1.54, 1.807) is 12.2 Å². The summed E-state index contributed by atoms with van der Waals surface area (Å²) < 4.78 is 10.9. The van der Waals surface area contributed by atoms with E-state index in [4.69, 9.17) is 14.6 Å². The van der Waals surface area contributed by atoms with Crippen molar-refractivity contribution >= 4 is 0 Å². The normalized spacial score (nSPS) is 12.3. The van der Waals surface area contributed by atoms with E-state index in [1.807, 2.05) is 0 Å². The highest BCUT2D eigenvalue weighted by atomic mass is 16.5. The Balaban J connectivity index is 3.62. The maximum Gasteiger partial charge on any atom is 0.0812 e. The Morgan fingerprint density at radius 2 is 1.87 bits per heavy atom. The second kappa shape index (κ2) is 11.4. The summed E-state index contributed by atoms with van der Waals surface area (Å²) in [5.41, 5.74) is 0. The number of ether oxygens (including phenoxy) is 2. The Labute approximate surface area is 92.4 Å². The van der Waals surface area contributed by atoms with Crippen LogP contribution in [0, 0.1) is 0 Å². The number of aliphatic hydroxyl groups is 1. The number of hydrogen-bond acceptors (Lipinski definition) is 3. The number of unbranched alkanes of at least 4 members (excludes halogenated alkanes) is 1. The molecule has 0 heterocycles. The third kappa shape index (κ3) is 9.66. The van der Waals surface area contributed by atoms with Crippen molar-refractivity contribution in [1.82, 2.24) is 0 Å². The molecule has 1 atom stereocenters. The molecule has 0 spiro atoms. The topological polar surface area (TPSA) is 38.7 Å². The fourth-order valence-electron chi connectivity index (χ4n) is 1.19. The molecule has 0 aliphatic carbocycles. The molecule has 3 heteroatoms. The molecular formula is C12H22O3. The second-order valence-corrected chi connectivity index (χ2v) is 3.29. The first kappa shape index (κ1) is 14.4. The molecule has 88 valence electrons. The van der Waals surface area contributed by atoms with Crippen molar-refractivity contribution in [3.8, 4) is 0 Å². The zero-order chi connectivity index (χ0) is 11.4. The molecule has 0 aromatic rings. The lowest BCUT2D eigenvalue weighted by Crippen LogP contribution is -2.20. The minimum absolute atomic E-state index is 0.0921. The summed E-state index contributed by atoms with van der Waals surface area (Å²) >= 11 is 0. The SMILES string of the molecule is C=CCOCC(CCCCO)OCC=C. The monoisotopic (exact) mass is 214 g/mol. The smallest absolute Gasteiger partial charge is 0.0812 e. The fourth-order valence-corrected chi connectivity index (χ4v) is 1.19. The average molecular weight is 214 g/mol. The summed E-state index contributed by atoms with van der Waals surface area (Å²) in [6, 6.07) is 0. The Hall–Kier alpha value is -0.640. The van der Waals surface area contributed by atoms with Crippen LogP contribution in [0.25, 0.3) is 0 Å². The minimum atomic E-state index is 0.0921. The molecule has 0 fully saturated rings. The van der Waals surface area contributed by atoms with Crippen molar-refractivity contribution in [2.45, 2.75) is 25.4 Å². The Morgan fingerprint density at radius 3 is 2.47 bits per heavy atom. The predicted molar refractivity (Wildman–Crippen MR) is 61.9 cm³/mol. The standard InChI is InChI=1S/C12H22O3/c1-3-9-14-11-12(15-10-4-2)7-5-6-8-13/h3-4,12-13H,1-2,5-11H2. The Morgan fingerprint density at radius 1 is 1.13 bits per heavy atom. The van der Waals surface area contributed by atoms with Gasteiger partial charge in [-0.2, -0.15) is 0 Å². The molecule has 1 N–H and O–H groups in total. The molecule has 0 aromatic carbocycles.